The van der Waals surface area contributed by atoms with E-state index in [2.05, 4.69) is 19.9 Å². The Morgan fingerprint density at radius 1 is 1.26 bits per heavy atom. The van der Waals surface area contributed by atoms with E-state index in [9.17, 15) is 10.1 Å². The monoisotopic (exact) mass is 404 g/mol. The molecule has 1 aliphatic heterocycles. The number of hydrogen-bond donors (Lipinski definition) is 1. The van der Waals surface area contributed by atoms with Crippen molar-refractivity contribution in [1.82, 2.24) is 10.0 Å². The van der Waals surface area contributed by atoms with Gasteiger partial charge in [0.2, 0.25) is 0 Å². The standard InChI is InChI=1S/C20H22Cl2N4O/c1-20(2)8-14-18(15(27)9-20)16(17-12(21)6-5-7-13(17)22)11(10-23)19(24)26(14)25(3)4/h5-7,16H,8-9,24H2,1-4H3. The molecule has 2 N–H and O–H groups in total. The average molecular weight is 405 g/mol. The first-order chi connectivity index (χ1) is 12.6. The Morgan fingerprint density at radius 2 is 1.85 bits per heavy atom. The maximum absolute atomic E-state index is 13.2. The Morgan fingerprint density at radius 3 is 2.37 bits per heavy atom. The number of halogens is 2. The van der Waals surface area contributed by atoms with Crippen LogP contribution >= 0.6 is 23.2 Å². The van der Waals surface area contributed by atoms with Gasteiger partial charge in [0.1, 0.15) is 5.82 Å². The van der Waals surface area contributed by atoms with Gasteiger partial charge in [-0.3, -0.25) is 9.80 Å². The van der Waals surface area contributed by atoms with Crippen LogP contribution in [0.15, 0.2) is 40.9 Å². The van der Waals surface area contributed by atoms with Crippen molar-refractivity contribution >= 4 is 29.0 Å². The van der Waals surface area contributed by atoms with Gasteiger partial charge < -0.3 is 5.73 Å². The number of ketones is 1. The molecule has 0 saturated heterocycles. The topological polar surface area (TPSA) is 73.4 Å². The molecule has 1 aliphatic carbocycles. The van der Waals surface area contributed by atoms with Crippen molar-refractivity contribution in [2.45, 2.75) is 32.6 Å². The van der Waals surface area contributed by atoms with Gasteiger partial charge in [0.05, 0.1) is 17.6 Å². The highest BCUT2D eigenvalue weighted by Crippen LogP contribution is 2.51. The Bertz CT molecular complexity index is 904. The lowest BCUT2D eigenvalue weighted by Crippen LogP contribution is -2.47. The van der Waals surface area contributed by atoms with Crippen molar-refractivity contribution in [3.8, 4) is 6.07 Å². The van der Waals surface area contributed by atoms with Crippen molar-refractivity contribution in [2.24, 2.45) is 11.1 Å². The number of rotatable bonds is 2. The Kier molecular flexibility index (Phi) is 5.02. The fourth-order valence-electron chi connectivity index (χ4n) is 4.02. The van der Waals surface area contributed by atoms with Crippen LogP contribution in [0.2, 0.25) is 10.0 Å². The summed E-state index contributed by atoms with van der Waals surface area (Å²) in [5.41, 5.74) is 8.41. The van der Waals surface area contributed by atoms with Crippen LogP contribution < -0.4 is 5.73 Å². The molecule has 5 nitrogen and oxygen atoms in total. The normalized spacial score (nSPS) is 22.2. The van der Waals surface area contributed by atoms with Crippen LogP contribution in [0.3, 0.4) is 0 Å². The molecule has 1 atom stereocenters. The van der Waals surface area contributed by atoms with E-state index in [-0.39, 0.29) is 16.8 Å². The van der Waals surface area contributed by atoms with Gasteiger partial charge >= 0.3 is 0 Å². The zero-order valence-electron chi connectivity index (χ0n) is 15.8. The lowest BCUT2D eigenvalue weighted by atomic mass is 9.69. The predicted molar refractivity (Wildman–Crippen MR) is 107 cm³/mol. The molecule has 0 radical (unpaired) electrons. The molecule has 0 spiro atoms. The van der Waals surface area contributed by atoms with Gasteiger partial charge in [0.25, 0.3) is 0 Å². The minimum atomic E-state index is -0.661. The third-order valence-corrected chi connectivity index (χ3v) is 5.70. The molecule has 7 heteroatoms. The minimum absolute atomic E-state index is 0.00524. The number of carbonyl (C=O) groups excluding carboxylic acids is 1. The Labute approximate surface area is 169 Å². The number of Topliss-reactive ketones (excluding diaryl/α,β-unsaturated/α-hetero) is 1. The quantitative estimate of drug-likeness (QED) is 0.798. The van der Waals surface area contributed by atoms with Crippen LogP contribution in [0, 0.1) is 16.7 Å². The molecule has 0 amide bonds. The number of allylic oxidation sites excluding steroid dienone is 3. The van der Waals surface area contributed by atoms with Crippen LogP contribution in [0.1, 0.15) is 38.2 Å². The molecular weight excluding hydrogens is 383 g/mol. The van der Waals surface area contributed by atoms with Crippen LogP contribution in [-0.4, -0.2) is 29.9 Å². The number of nitriles is 1. The predicted octanol–water partition coefficient (Wildman–Crippen LogP) is 4.21. The second-order valence-corrected chi connectivity index (χ2v) is 8.75. The zero-order valence-corrected chi connectivity index (χ0v) is 17.3. The molecule has 0 aromatic heterocycles. The maximum Gasteiger partial charge on any atom is 0.162 e. The summed E-state index contributed by atoms with van der Waals surface area (Å²) in [6.45, 7) is 4.11. The fraction of sp³-hybridized carbons (Fsp3) is 0.400. The van der Waals surface area contributed by atoms with E-state index >= 15 is 0 Å². The summed E-state index contributed by atoms with van der Waals surface area (Å²) in [6.07, 6.45) is 1.05. The van der Waals surface area contributed by atoms with Gasteiger partial charge in [0.15, 0.2) is 5.78 Å². The minimum Gasteiger partial charge on any atom is -0.383 e. The summed E-state index contributed by atoms with van der Waals surface area (Å²) in [5.74, 6) is -0.368. The number of nitrogens with zero attached hydrogens (tertiary/aromatic N) is 3. The summed E-state index contributed by atoms with van der Waals surface area (Å²) in [7, 11) is 3.67. The zero-order chi connectivity index (χ0) is 20.1. The first-order valence-electron chi connectivity index (χ1n) is 8.66. The SMILES string of the molecule is CN(C)N1C(N)=C(C#N)C(c2c(Cl)cccc2Cl)C2=C1CC(C)(C)CC2=O. The number of nitrogens with two attached hydrogens (primary N) is 1. The van der Waals surface area contributed by atoms with E-state index in [0.29, 0.717) is 39.8 Å². The number of hydrogen-bond acceptors (Lipinski definition) is 5. The van der Waals surface area contributed by atoms with Gasteiger partial charge in [-0.2, -0.15) is 5.26 Å². The van der Waals surface area contributed by atoms with Gasteiger partial charge in [-0.1, -0.05) is 43.1 Å². The second-order valence-electron chi connectivity index (χ2n) is 7.94. The lowest BCUT2D eigenvalue weighted by molar-refractivity contribution is -0.119. The van der Waals surface area contributed by atoms with Crippen molar-refractivity contribution in [3.63, 3.8) is 0 Å². The van der Waals surface area contributed by atoms with E-state index in [1.807, 2.05) is 14.1 Å². The van der Waals surface area contributed by atoms with Gasteiger partial charge in [-0.05, 0) is 24.0 Å². The molecule has 0 saturated carbocycles. The van der Waals surface area contributed by atoms with E-state index in [1.54, 1.807) is 28.2 Å². The first-order valence-corrected chi connectivity index (χ1v) is 9.42. The van der Waals surface area contributed by atoms with E-state index < -0.39 is 5.92 Å². The second kappa shape index (κ2) is 6.87. The molecule has 1 aromatic carbocycles. The highest BCUT2D eigenvalue weighted by molar-refractivity contribution is 6.36. The Hall–Kier alpha value is -2.00. The lowest BCUT2D eigenvalue weighted by Gasteiger charge is -2.45. The van der Waals surface area contributed by atoms with Crippen molar-refractivity contribution in [1.29, 1.82) is 5.26 Å². The fourth-order valence-corrected chi connectivity index (χ4v) is 4.64. The summed E-state index contributed by atoms with van der Waals surface area (Å²) in [5, 5.41) is 14.3. The van der Waals surface area contributed by atoms with E-state index in [1.165, 1.54) is 0 Å². The van der Waals surface area contributed by atoms with Crippen LogP contribution in [-0.2, 0) is 4.79 Å². The summed E-state index contributed by atoms with van der Waals surface area (Å²) >= 11 is 12.9. The third-order valence-electron chi connectivity index (χ3n) is 5.04. The molecule has 1 heterocycles. The van der Waals surface area contributed by atoms with Crippen LogP contribution in [0.4, 0.5) is 0 Å². The number of benzene rings is 1. The molecule has 2 aliphatic rings. The highest BCUT2D eigenvalue weighted by Gasteiger charge is 2.45. The molecule has 3 rings (SSSR count). The third kappa shape index (κ3) is 3.23. The molecular formula is C20H22Cl2N4O. The Balaban J connectivity index is 2.36. The molecule has 0 fully saturated rings. The van der Waals surface area contributed by atoms with Gasteiger partial charge in [-0.25, -0.2) is 5.01 Å². The largest absolute Gasteiger partial charge is 0.383 e. The molecule has 142 valence electrons. The summed E-state index contributed by atoms with van der Waals surface area (Å²) < 4.78 is 0. The van der Waals surface area contributed by atoms with E-state index in [4.69, 9.17) is 28.9 Å². The maximum atomic E-state index is 13.2. The number of carbonyl (C=O) groups is 1. The average Bonchev–Trinajstić information content (AvgIpc) is 2.52. The van der Waals surface area contributed by atoms with Crippen LogP contribution in [0.25, 0.3) is 0 Å². The highest BCUT2D eigenvalue weighted by atomic mass is 35.5. The first kappa shape index (κ1) is 19.8. The summed E-state index contributed by atoms with van der Waals surface area (Å²) in [6, 6.07) is 7.36. The van der Waals surface area contributed by atoms with Gasteiger partial charge in [-0.15, -0.1) is 0 Å². The van der Waals surface area contributed by atoms with E-state index in [0.717, 1.165) is 5.70 Å². The van der Waals surface area contributed by atoms with Crippen molar-refractivity contribution in [3.05, 3.63) is 56.5 Å². The number of hydrazine groups is 1. The molecule has 1 aromatic rings. The van der Waals surface area contributed by atoms with Gasteiger partial charge in [0, 0.05) is 47.4 Å². The molecule has 27 heavy (non-hydrogen) atoms. The summed E-state index contributed by atoms with van der Waals surface area (Å²) in [4.78, 5) is 13.2. The van der Waals surface area contributed by atoms with Crippen molar-refractivity contribution in [2.75, 3.05) is 14.1 Å². The smallest absolute Gasteiger partial charge is 0.162 e. The molecule has 0 bridgehead atoms. The van der Waals surface area contributed by atoms with Crippen LogP contribution in [0.5, 0.6) is 0 Å². The molecule has 1 unspecified atom stereocenters. The van der Waals surface area contributed by atoms with Crippen molar-refractivity contribution < 1.29 is 4.79 Å².